The van der Waals surface area contributed by atoms with Crippen LogP contribution in [0, 0.1) is 28.9 Å². The van der Waals surface area contributed by atoms with Gasteiger partial charge in [0.1, 0.15) is 17.7 Å². The van der Waals surface area contributed by atoms with Gasteiger partial charge in [0.25, 0.3) is 5.91 Å². The van der Waals surface area contributed by atoms with E-state index in [1.54, 1.807) is 6.07 Å². The van der Waals surface area contributed by atoms with Crippen molar-refractivity contribution in [2.24, 2.45) is 11.7 Å². The molecular weight excluding hydrogens is 496 g/mol. The van der Waals surface area contributed by atoms with Gasteiger partial charge in [-0.25, -0.2) is 13.8 Å². The van der Waals surface area contributed by atoms with Crippen LogP contribution in [0.1, 0.15) is 53.7 Å². The number of carbonyl (C=O) groups excluding carboxylic acids is 1. The second-order valence-corrected chi connectivity index (χ2v) is 8.52. The second kappa shape index (κ2) is 10.9. The Balaban J connectivity index is 1.63. The van der Waals surface area contributed by atoms with Crippen LogP contribution in [-0.4, -0.2) is 24.1 Å². The van der Waals surface area contributed by atoms with Crippen molar-refractivity contribution in [3.8, 4) is 29.0 Å². The summed E-state index contributed by atoms with van der Waals surface area (Å²) in [5.74, 6) is -2.62. The summed E-state index contributed by atoms with van der Waals surface area (Å²) in [7, 11) is 0. The quantitative estimate of drug-likeness (QED) is 0.361. The van der Waals surface area contributed by atoms with E-state index in [1.165, 1.54) is 25.1 Å². The van der Waals surface area contributed by atoms with E-state index in [0.717, 1.165) is 25.0 Å². The SMILES string of the molecule is C[C@H](N)c1oc(-c2ccc(OC(F)F)c(OCC3CC3)c2)nc1C(=O)NC(C#N)c1ccc(F)cc1F. The topological polar surface area (TPSA) is 123 Å². The number of nitrogens with zero attached hydrogens (tertiary/aromatic N) is 2. The Morgan fingerprint density at radius 2 is 2.00 bits per heavy atom. The Kier molecular flexibility index (Phi) is 7.63. The molecule has 1 heterocycles. The van der Waals surface area contributed by atoms with Gasteiger partial charge in [0.15, 0.2) is 23.0 Å². The number of nitriles is 1. The molecule has 0 bridgehead atoms. The Labute approximate surface area is 209 Å². The van der Waals surface area contributed by atoms with E-state index in [2.05, 4.69) is 15.0 Å². The molecule has 194 valence electrons. The van der Waals surface area contributed by atoms with Crippen LogP contribution in [0.5, 0.6) is 11.5 Å². The van der Waals surface area contributed by atoms with Crippen LogP contribution >= 0.6 is 0 Å². The lowest BCUT2D eigenvalue weighted by Gasteiger charge is -2.13. The Morgan fingerprint density at radius 3 is 2.62 bits per heavy atom. The third-order valence-electron chi connectivity index (χ3n) is 5.54. The summed E-state index contributed by atoms with van der Waals surface area (Å²) in [6.07, 6.45) is 1.96. The van der Waals surface area contributed by atoms with Gasteiger partial charge >= 0.3 is 6.61 Å². The van der Waals surface area contributed by atoms with E-state index in [-0.39, 0.29) is 40.0 Å². The molecule has 1 amide bonds. The first-order chi connectivity index (χ1) is 17.7. The van der Waals surface area contributed by atoms with Gasteiger partial charge in [-0.15, -0.1) is 0 Å². The average molecular weight is 518 g/mol. The summed E-state index contributed by atoms with van der Waals surface area (Å²) >= 11 is 0. The van der Waals surface area contributed by atoms with Crippen LogP contribution in [0.4, 0.5) is 17.6 Å². The molecule has 1 unspecified atom stereocenters. The van der Waals surface area contributed by atoms with E-state index in [4.69, 9.17) is 14.9 Å². The number of carbonyl (C=O) groups is 1. The van der Waals surface area contributed by atoms with Gasteiger partial charge in [-0.05, 0) is 49.9 Å². The van der Waals surface area contributed by atoms with Crippen LogP contribution in [-0.2, 0) is 0 Å². The molecule has 3 N–H and O–H groups in total. The molecule has 3 aromatic rings. The standard InChI is InChI=1S/C25H22F4N4O4/c1-12(31)22-21(23(34)32-18(10-30)16-6-5-15(26)9-17(16)27)33-24(37-22)14-4-7-19(36-25(28)29)20(8-14)35-11-13-2-3-13/h4-9,12-13,18,25H,2-3,11,31H2,1H3,(H,32,34)/t12-,18?/m0/s1. The van der Waals surface area contributed by atoms with Crippen molar-refractivity contribution >= 4 is 5.91 Å². The molecule has 4 rings (SSSR count). The van der Waals surface area contributed by atoms with Gasteiger partial charge < -0.3 is 24.9 Å². The minimum atomic E-state index is -3.06. The smallest absolute Gasteiger partial charge is 0.387 e. The average Bonchev–Trinajstić information content (AvgIpc) is 3.56. The number of benzene rings is 2. The number of hydrogen-bond acceptors (Lipinski definition) is 7. The van der Waals surface area contributed by atoms with Crippen molar-refractivity contribution in [1.82, 2.24) is 10.3 Å². The zero-order valence-electron chi connectivity index (χ0n) is 19.5. The molecule has 1 fully saturated rings. The van der Waals surface area contributed by atoms with E-state index < -0.39 is 36.2 Å². The largest absolute Gasteiger partial charge is 0.489 e. The lowest BCUT2D eigenvalue weighted by Crippen LogP contribution is -2.30. The van der Waals surface area contributed by atoms with Crippen LogP contribution in [0.15, 0.2) is 40.8 Å². The van der Waals surface area contributed by atoms with Gasteiger partial charge in [0.05, 0.1) is 18.7 Å². The molecular formula is C25H22F4N4O4. The van der Waals surface area contributed by atoms with Gasteiger partial charge in [0, 0.05) is 17.2 Å². The number of halogens is 4. The summed E-state index contributed by atoms with van der Waals surface area (Å²) in [5.41, 5.74) is 5.73. The highest BCUT2D eigenvalue weighted by molar-refractivity contribution is 5.94. The number of hydrogen-bond donors (Lipinski definition) is 2. The molecule has 0 aliphatic heterocycles. The zero-order valence-corrected chi connectivity index (χ0v) is 19.5. The van der Waals surface area contributed by atoms with Crippen molar-refractivity contribution in [3.63, 3.8) is 0 Å². The fourth-order valence-corrected chi connectivity index (χ4v) is 3.48. The van der Waals surface area contributed by atoms with Crippen molar-refractivity contribution in [3.05, 3.63) is 65.1 Å². The maximum Gasteiger partial charge on any atom is 0.387 e. The molecule has 12 heteroatoms. The maximum absolute atomic E-state index is 14.2. The maximum atomic E-state index is 14.2. The molecule has 1 saturated carbocycles. The molecule has 0 saturated heterocycles. The number of alkyl halides is 2. The fraction of sp³-hybridized carbons (Fsp3) is 0.320. The number of rotatable bonds is 10. The minimum absolute atomic E-state index is 0.0304. The number of oxazole rings is 1. The Hall–Kier alpha value is -4.11. The van der Waals surface area contributed by atoms with E-state index in [1.807, 2.05) is 0 Å². The van der Waals surface area contributed by atoms with Crippen molar-refractivity contribution in [2.75, 3.05) is 6.61 Å². The van der Waals surface area contributed by atoms with E-state index in [9.17, 15) is 27.6 Å². The third-order valence-corrected chi connectivity index (χ3v) is 5.54. The Bertz CT molecular complexity index is 1330. The molecule has 1 aromatic heterocycles. The molecule has 1 aliphatic rings. The first kappa shape index (κ1) is 26.0. The number of amides is 1. The summed E-state index contributed by atoms with van der Waals surface area (Å²) in [5, 5.41) is 11.8. The molecule has 2 aromatic carbocycles. The van der Waals surface area contributed by atoms with Gasteiger partial charge in [-0.1, -0.05) is 6.07 Å². The predicted molar refractivity (Wildman–Crippen MR) is 122 cm³/mol. The van der Waals surface area contributed by atoms with Crippen molar-refractivity contribution in [1.29, 1.82) is 5.26 Å². The van der Waals surface area contributed by atoms with Crippen molar-refractivity contribution in [2.45, 2.75) is 38.5 Å². The summed E-state index contributed by atoms with van der Waals surface area (Å²) in [6.45, 7) is -1.20. The molecule has 2 atom stereocenters. The van der Waals surface area contributed by atoms with Crippen LogP contribution < -0.4 is 20.5 Å². The highest BCUT2D eigenvalue weighted by atomic mass is 19.3. The van der Waals surface area contributed by atoms with Gasteiger partial charge in [0.2, 0.25) is 5.89 Å². The molecule has 37 heavy (non-hydrogen) atoms. The lowest BCUT2D eigenvalue weighted by atomic mass is 10.1. The normalized spacial score (nSPS) is 14.6. The molecule has 0 radical (unpaired) electrons. The molecule has 1 aliphatic carbocycles. The minimum Gasteiger partial charge on any atom is -0.489 e. The Morgan fingerprint density at radius 1 is 1.24 bits per heavy atom. The fourth-order valence-electron chi connectivity index (χ4n) is 3.48. The first-order valence-electron chi connectivity index (χ1n) is 11.3. The van der Waals surface area contributed by atoms with Crippen molar-refractivity contribution < 1.29 is 36.2 Å². The third kappa shape index (κ3) is 6.18. The molecule has 8 nitrogen and oxygen atoms in total. The van der Waals surface area contributed by atoms with Crippen LogP contribution in [0.3, 0.4) is 0 Å². The zero-order chi connectivity index (χ0) is 26.7. The number of ether oxygens (including phenoxy) is 2. The highest BCUT2D eigenvalue weighted by Crippen LogP contribution is 2.37. The number of nitrogens with two attached hydrogens (primary N) is 1. The number of nitrogens with one attached hydrogen (secondary N) is 1. The summed E-state index contributed by atoms with van der Waals surface area (Å²) in [6, 6.07) is 6.14. The number of aromatic nitrogens is 1. The van der Waals surface area contributed by atoms with E-state index in [0.29, 0.717) is 18.6 Å². The highest BCUT2D eigenvalue weighted by Gasteiger charge is 2.28. The van der Waals surface area contributed by atoms with Crippen LogP contribution in [0.2, 0.25) is 0 Å². The lowest BCUT2D eigenvalue weighted by molar-refractivity contribution is -0.0515. The second-order valence-electron chi connectivity index (χ2n) is 8.52. The summed E-state index contributed by atoms with van der Waals surface area (Å²) < 4.78 is 69.0. The van der Waals surface area contributed by atoms with E-state index >= 15 is 0 Å². The first-order valence-corrected chi connectivity index (χ1v) is 11.3. The molecule has 0 spiro atoms. The van der Waals surface area contributed by atoms with Gasteiger partial charge in [-0.3, -0.25) is 4.79 Å². The van der Waals surface area contributed by atoms with Gasteiger partial charge in [-0.2, -0.15) is 14.0 Å². The monoisotopic (exact) mass is 518 g/mol. The predicted octanol–water partition coefficient (Wildman–Crippen LogP) is 5.02. The van der Waals surface area contributed by atoms with Crippen LogP contribution in [0.25, 0.3) is 11.5 Å². The summed E-state index contributed by atoms with van der Waals surface area (Å²) in [4.78, 5) is 17.2.